The summed E-state index contributed by atoms with van der Waals surface area (Å²) in [5, 5.41) is 3.03. The van der Waals surface area contributed by atoms with Gasteiger partial charge in [0.1, 0.15) is 5.75 Å². The Kier molecular flexibility index (Phi) is 5.43. The van der Waals surface area contributed by atoms with Crippen molar-refractivity contribution >= 4 is 5.91 Å². The molecule has 2 rings (SSSR count). The van der Waals surface area contributed by atoms with E-state index in [1.54, 1.807) is 6.92 Å². The fourth-order valence-electron chi connectivity index (χ4n) is 2.58. The molecule has 1 N–H and O–H groups in total. The molecule has 2 aromatic carbocycles. The van der Waals surface area contributed by atoms with E-state index in [1.165, 1.54) is 11.1 Å². The van der Waals surface area contributed by atoms with Crippen LogP contribution in [0.3, 0.4) is 0 Å². The van der Waals surface area contributed by atoms with Crippen LogP contribution < -0.4 is 10.1 Å². The Morgan fingerprint density at radius 3 is 2.39 bits per heavy atom. The van der Waals surface area contributed by atoms with Gasteiger partial charge < -0.3 is 10.1 Å². The normalized spacial score (nSPS) is 13.3. The van der Waals surface area contributed by atoms with E-state index in [9.17, 15) is 4.79 Å². The second-order valence-electron chi connectivity index (χ2n) is 6.17. The molecule has 23 heavy (non-hydrogen) atoms. The minimum atomic E-state index is -0.538. The number of benzene rings is 2. The van der Waals surface area contributed by atoms with Gasteiger partial charge in [-0.2, -0.15) is 0 Å². The Labute approximate surface area is 138 Å². The highest BCUT2D eigenvalue weighted by atomic mass is 16.5. The predicted octanol–water partition coefficient (Wildman–Crippen LogP) is 4.26. The molecule has 0 aliphatic carbocycles. The summed E-state index contributed by atoms with van der Waals surface area (Å²) < 4.78 is 5.74. The first kappa shape index (κ1) is 17.1. The molecule has 2 atom stereocenters. The Bertz CT molecular complexity index is 694. The molecule has 0 saturated carbocycles. The second kappa shape index (κ2) is 7.32. The van der Waals surface area contributed by atoms with Gasteiger partial charge in [0.2, 0.25) is 0 Å². The van der Waals surface area contributed by atoms with E-state index in [1.807, 2.05) is 38.1 Å². The van der Waals surface area contributed by atoms with Crippen LogP contribution in [0.1, 0.15) is 42.1 Å². The van der Waals surface area contributed by atoms with Crippen molar-refractivity contribution < 1.29 is 9.53 Å². The van der Waals surface area contributed by atoms with Crippen LogP contribution in [-0.2, 0) is 4.79 Å². The van der Waals surface area contributed by atoms with E-state index in [0.29, 0.717) is 5.75 Å². The first-order valence-electron chi connectivity index (χ1n) is 7.97. The molecule has 0 aromatic heterocycles. The van der Waals surface area contributed by atoms with E-state index in [-0.39, 0.29) is 11.9 Å². The maximum Gasteiger partial charge on any atom is 0.261 e. The van der Waals surface area contributed by atoms with Crippen molar-refractivity contribution in [3.63, 3.8) is 0 Å². The minimum absolute atomic E-state index is 0.0500. The average molecular weight is 311 g/mol. The molecule has 0 heterocycles. The van der Waals surface area contributed by atoms with Gasteiger partial charge in [-0.3, -0.25) is 4.79 Å². The molecule has 0 aliphatic rings. The lowest BCUT2D eigenvalue weighted by molar-refractivity contribution is -0.127. The number of amides is 1. The Morgan fingerprint density at radius 1 is 1.00 bits per heavy atom. The molecule has 0 bridgehead atoms. The van der Waals surface area contributed by atoms with Crippen LogP contribution in [0.4, 0.5) is 0 Å². The van der Waals surface area contributed by atoms with Gasteiger partial charge in [-0.1, -0.05) is 35.9 Å². The van der Waals surface area contributed by atoms with Crippen molar-refractivity contribution in [2.45, 2.75) is 46.8 Å². The third kappa shape index (κ3) is 4.59. The van der Waals surface area contributed by atoms with Crippen molar-refractivity contribution in [2.75, 3.05) is 0 Å². The highest BCUT2D eigenvalue weighted by Crippen LogP contribution is 2.19. The van der Waals surface area contributed by atoms with Crippen molar-refractivity contribution in [1.29, 1.82) is 0 Å². The molecule has 2 aromatic rings. The molecule has 0 saturated heterocycles. The summed E-state index contributed by atoms with van der Waals surface area (Å²) in [6, 6.07) is 14.0. The van der Waals surface area contributed by atoms with Gasteiger partial charge >= 0.3 is 0 Å². The van der Waals surface area contributed by atoms with Gasteiger partial charge in [-0.15, -0.1) is 0 Å². The third-order valence-electron chi connectivity index (χ3n) is 3.93. The molecule has 3 nitrogen and oxygen atoms in total. The molecule has 0 radical (unpaired) electrons. The Balaban J connectivity index is 2.01. The van der Waals surface area contributed by atoms with Gasteiger partial charge in [0.25, 0.3) is 5.91 Å². The summed E-state index contributed by atoms with van der Waals surface area (Å²) in [6.45, 7) is 9.89. The smallest absolute Gasteiger partial charge is 0.261 e. The van der Waals surface area contributed by atoms with Crippen LogP contribution in [0.2, 0.25) is 0 Å². The standard InChI is InChI=1S/C20H25NO2/c1-13-7-6-8-18(11-13)23-17(5)20(22)21-16(4)19-12-14(2)9-10-15(19)3/h6-12,16-17H,1-5H3,(H,21,22)/t16-,17-/m1/s1. The van der Waals surface area contributed by atoms with E-state index in [0.717, 1.165) is 11.1 Å². The molecule has 0 unspecified atom stereocenters. The molecule has 0 spiro atoms. The summed E-state index contributed by atoms with van der Waals surface area (Å²) in [6.07, 6.45) is -0.538. The summed E-state index contributed by atoms with van der Waals surface area (Å²) in [7, 11) is 0. The molecule has 0 aliphatic heterocycles. The van der Waals surface area contributed by atoms with Crippen LogP contribution in [-0.4, -0.2) is 12.0 Å². The van der Waals surface area contributed by atoms with Crippen molar-refractivity contribution in [3.8, 4) is 5.75 Å². The lowest BCUT2D eigenvalue weighted by atomic mass is 10.00. The summed E-state index contributed by atoms with van der Waals surface area (Å²) >= 11 is 0. The summed E-state index contributed by atoms with van der Waals surface area (Å²) in [5.74, 6) is 0.604. The zero-order valence-electron chi connectivity index (χ0n) is 14.5. The van der Waals surface area contributed by atoms with E-state index >= 15 is 0 Å². The zero-order valence-corrected chi connectivity index (χ0v) is 14.5. The Hall–Kier alpha value is -2.29. The van der Waals surface area contributed by atoms with Gasteiger partial charge in [0.15, 0.2) is 6.10 Å². The average Bonchev–Trinajstić information content (AvgIpc) is 2.49. The second-order valence-corrected chi connectivity index (χ2v) is 6.17. The molecule has 0 fully saturated rings. The highest BCUT2D eigenvalue weighted by molar-refractivity contribution is 5.81. The SMILES string of the molecule is Cc1cccc(O[C@H](C)C(=O)N[C@H](C)c2cc(C)ccc2C)c1. The number of carbonyl (C=O) groups is 1. The maximum absolute atomic E-state index is 12.4. The minimum Gasteiger partial charge on any atom is -0.481 e. The first-order chi connectivity index (χ1) is 10.9. The monoisotopic (exact) mass is 311 g/mol. The van der Waals surface area contributed by atoms with E-state index in [4.69, 9.17) is 4.74 Å². The Morgan fingerprint density at radius 2 is 1.70 bits per heavy atom. The molecule has 122 valence electrons. The molecule has 3 heteroatoms. The van der Waals surface area contributed by atoms with Crippen molar-refractivity contribution in [1.82, 2.24) is 5.32 Å². The third-order valence-corrected chi connectivity index (χ3v) is 3.93. The molecule has 1 amide bonds. The van der Waals surface area contributed by atoms with Crippen LogP contribution in [0, 0.1) is 20.8 Å². The van der Waals surface area contributed by atoms with Crippen molar-refractivity contribution in [3.05, 3.63) is 64.7 Å². The van der Waals surface area contributed by atoms with E-state index in [2.05, 4.69) is 37.4 Å². The van der Waals surface area contributed by atoms with E-state index < -0.39 is 6.10 Å². The van der Waals surface area contributed by atoms with Gasteiger partial charge in [-0.25, -0.2) is 0 Å². The van der Waals surface area contributed by atoms with Crippen molar-refractivity contribution in [2.24, 2.45) is 0 Å². The first-order valence-corrected chi connectivity index (χ1v) is 7.97. The number of hydrogen-bond acceptors (Lipinski definition) is 2. The predicted molar refractivity (Wildman–Crippen MR) is 93.7 cm³/mol. The number of rotatable bonds is 5. The topological polar surface area (TPSA) is 38.3 Å². The fourth-order valence-corrected chi connectivity index (χ4v) is 2.58. The largest absolute Gasteiger partial charge is 0.481 e. The zero-order chi connectivity index (χ0) is 17.0. The lowest BCUT2D eigenvalue weighted by Gasteiger charge is -2.20. The lowest BCUT2D eigenvalue weighted by Crippen LogP contribution is -2.38. The van der Waals surface area contributed by atoms with Gasteiger partial charge in [-0.05, 0) is 63.4 Å². The number of aryl methyl sites for hydroxylation is 3. The number of ether oxygens (including phenoxy) is 1. The number of nitrogens with one attached hydrogen (secondary N) is 1. The van der Waals surface area contributed by atoms with Crippen LogP contribution in [0.5, 0.6) is 5.75 Å². The quantitative estimate of drug-likeness (QED) is 0.896. The van der Waals surface area contributed by atoms with Gasteiger partial charge in [0, 0.05) is 0 Å². The summed E-state index contributed by atoms with van der Waals surface area (Å²) in [4.78, 5) is 12.4. The molecular weight excluding hydrogens is 286 g/mol. The molecular formula is C20H25NO2. The summed E-state index contributed by atoms with van der Waals surface area (Å²) in [5.41, 5.74) is 4.62. The number of carbonyl (C=O) groups excluding carboxylic acids is 1. The van der Waals surface area contributed by atoms with Crippen LogP contribution >= 0.6 is 0 Å². The fraction of sp³-hybridized carbons (Fsp3) is 0.350. The van der Waals surface area contributed by atoms with Crippen LogP contribution in [0.25, 0.3) is 0 Å². The number of hydrogen-bond donors (Lipinski definition) is 1. The maximum atomic E-state index is 12.4. The van der Waals surface area contributed by atoms with Gasteiger partial charge in [0.05, 0.1) is 6.04 Å². The van der Waals surface area contributed by atoms with Crippen LogP contribution in [0.15, 0.2) is 42.5 Å². The highest BCUT2D eigenvalue weighted by Gasteiger charge is 2.18.